The van der Waals surface area contributed by atoms with Crippen molar-refractivity contribution in [3.8, 4) is 0 Å². The van der Waals surface area contributed by atoms with Crippen molar-refractivity contribution in [2.45, 2.75) is 303 Å². The van der Waals surface area contributed by atoms with Crippen molar-refractivity contribution >= 4 is 17.9 Å². The monoisotopic (exact) mass is 951 g/mol. The summed E-state index contributed by atoms with van der Waals surface area (Å²) in [4.78, 5) is 38.2. The second-order valence-corrected chi connectivity index (χ2v) is 19.7. The van der Waals surface area contributed by atoms with Crippen LogP contribution in [0.5, 0.6) is 0 Å². The molecule has 68 heavy (non-hydrogen) atoms. The number of rotatable bonds is 53. The third kappa shape index (κ3) is 54.1. The summed E-state index contributed by atoms with van der Waals surface area (Å²) in [5.74, 6) is -0.888. The van der Waals surface area contributed by atoms with E-state index < -0.39 is 6.10 Å². The molecule has 0 bridgehead atoms. The summed E-state index contributed by atoms with van der Waals surface area (Å²) >= 11 is 0. The van der Waals surface area contributed by atoms with Crippen LogP contribution in [0, 0.1) is 0 Å². The van der Waals surface area contributed by atoms with Gasteiger partial charge in [-0.05, 0) is 38.5 Å². The minimum atomic E-state index is -0.782. The fourth-order valence-electron chi connectivity index (χ4n) is 8.47. The smallest absolute Gasteiger partial charge is 0.306 e. The molecule has 0 spiro atoms. The second-order valence-electron chi connectivity index (χ2n) is 19.7. The maximum atomic E-state index is 12.9. The zero-order valence-corrected chi connectivity index (χ0v) is 45.1. The van der Waals surface area contributed by atoms with Gasteiger partial charge in [0.2, 0.25) is 0 Å². The molecule has 0 aromatic rings. The molecule has 1 atom stereocenters. The van der Waals surface area contributed by atoms with E-state index in [2.05, 4.69) is 57.2 Å². The Hall–Kier alpha value is -2.89. The number of hydrogen-bond donors (Lipinski definition) is 0. The molecular formula is C62H110O6. The molecule has 0 aliphatic carbocycles. The number of carbonyl (C=O) groups is 3. The lowest BCUT2D eigenvalue weighted by atomic mass is 10.0. The molecule has 6 nitrogen and oxygen atoms in total. The SMILES string of the molecule is CCC\C=C/C=C\C=C/C=C\C=C/CCCCCCCC(=O)OCC(COC(=O)CCCCCCCCCCCCCCCC)OC(=O)CCCCCCCCCCCCCCCCCCCC. The standard InChI is InChI=1S/C62H110O6/c1-4-7-10-13-16-19-22-25-28-30-32-34-37-40-43-46-49-52-55-61(64)67-58-59(57-66-60(63)54-51-48-45-42-39-36-27-24-21-18-15-12-9-6-3)68-62(65)56-53-50-47-44-41-38-35-33-31-29-26-23-20-17-14-11-8-5-2/h10,13,16,19,22,25,28,30,32,34,59H,4-9,11-12,14-15,17-18,20-21,23-24,26-27,29,31,33,35-58H2,1-3H3/b13-10-,19-16-,25-22-,30-28-,34-32-. The zero-order chi connectivity index (χ0) is 49.3. The predicted molar refractivity (Wildman–Crippen MR) is 293 cm³/mol. The lowest BCUT2D eigenvalue weighted by Crippen LogP contribution is -2.30. The Morgan fingerprint density at radius 3 is 0.882 bits per heavy atom. The van der Waals surface area contributed by atoms with E-state index in [9.17, 15) is 14.4 Å². The molecule has 0 fully saturated rings. The van der Waals surface area contributed by atoms with E-state index in [1.165, 1.54) is 173 Å². The first-order chi connectivity index (χ1) is 33.5. The molecule has 0 saturated heterocycles. The van der Waals surface area contributed by atoms with Gasteiger partial charge in [0.05, 0.1) is 0 Å². The molecule has 394 valence electrons. The summed E-state index contributed by atoms with van der Waals surface area (Å²) in [6, 6.07) is 0. The maximum absolute atomic E-state index is 12.9. The first kappa shape index (κ1) is 65.1. The molecular weight excluding hydrogens is 841 g/mol. The lowest BCUT2D eigenvalue weighted by Gasteiger charge is -2.18. The molecule has 0 heterocycles. The number of unbranched alkanes of at least 4 members (excludes halogenated alkanes) is 36. The Morgan fingerprint density at radius 1 is 0.294 bits per heavy atom. The molecule has 0 N–H and O–H groups in total. The Balaban J connectivity index is 4.39. The second kappa shape index (κ2) is 56.7. The molecule has 0 radical (unpaired) electrons. The Kier molecular flexibility index (Phi) is 54.3. The molecule has 0 aliphatic rings. The third-order valence-electron chi connectivity index (χ3n) is 12.9. The van der Waals surface area contributed by atoms with Crippen LogP contribution < -0.4 is 0 Å². The summed E-state index contributed by atoms with van der Waals surface area (Å²) < 4.78 is 16.9. The molecule has 0 aliphatic heterocycles. The van der Waals surface area contributed by atoms with Gasteiger partial charge in [0.25, 0.3) is 0 Å². The molecule has 0 aromatic carbocycles. The predicted octanol–water partition coefficient (Wildman–Crippen LogP) is 19.6. The van der Waals surface area contributed by atoms with Gasteiger partial charge >= 0.3 is 17.9 Å². The van der Waals surface area contributed by atoms with Gasteiger partial charge in [-0.25, -0.2) is 0 Å². The molecule has 0 amide bonds. The summed E-state index contributed by atoms with van der Waals surface area (Å²) in [6.07, 6.45) is 70.6. The summed E-state index contributed by atoms with van der Waals surface area (Å²) in [5.41, 5.74) is 0. The first-order valence-corrected chi connectivity index (χ1v) is 29.4. The number of ether oxygens (including phenoxy) is 3. The summed E-state index contributed by atoms with van der Waals surface area (Å²) in [5, 5.41) is 0. The number of carbonyl (C=O) groups excluding carboxylic acids is 3. The van der Waals surface area contributed by atoms with E-state index in [-0.39, 0.29) is 31.1 Å². The highest BCUT2D eigenvalue weighted by atomic mass is 16.6. The van der Waals surface area contributed by atoms with Crippen LogP contribution in [0.3, 0.4) is 0 Å². The third-order valence-corrected chi connectivity index (χ3v) is 12.9. The van der Waals surface area contributed by atoms with Crippen LogP contribution in [0.4, 0.5) is 0 Å². The van der Waals surface area contributed by atoms with Crippen LogP contribution in [-0.2, 0) is 28.6 Å². The van der Waals surface area contributed by atoms with Gasteiger partial charge in [0.15, 0.2) is 6.10 Å². The van der Waals surface area contributed by atoms with Crippen LogP contribution in [-0.4, -0.2) is 37.2 Å². The van der Waals surface area contributed by atoms with Gasteiger partial charge in [0.1, 0.15) is 13.2 Å². The zero-order valence-electron chi connectivity index (χ0n) is 45.1. The highest BCUT2D eigenvalue weighted by molar-refractivity contribution is 5.71. The average Bonchev–Trinajstić information content (AvgIpc) is 3.34. The summed E-state index contributed by atoms with van der Waals surface area (Å²) in [6.45, 7) is 6.57. The van der Waals surface area contributed by atoms with Crippen molar-refractivity contribution in [2.75, 3.05) is 13.2 Å². The van der Waals surface area contributed by atoms with E-state index in [1.54, 1.807) is 0 Å². The topological polar surface area (TPSA) is 78.9 Å². The van der Waals surface area contributed by atoms with Crippen LogP contribution in [0.1, 0.15) is 297 Å². The molecule has 0 saturated carbocycles. The van der Waals surface area contributed by atoms with Crippen molar-refractivity contribution < 1.29 is 28.6 Å². The average molecular weight is 952 g/mol. The van der Waals surface area contributed by atoms with Crippen molar-refractivity contribution in [2.24, 2.45) is 0 Å². The van der Waals surface area contributed by atoms with E-state index in [1.807, 2.05) is 24.3 Å². The Morgan fingerprint density at radius 2 is 0.559 bits per heavy atom. The van der Waals surface area contributed by atoms with Gasteiger partial charge in [-0.15, -0.1) is 0 Å². The van der Waals surface area contributed by atoms with Crippen molar-refractivity contribution in [3.63, 3.8) is 0 Å². The fraction of sp³-hybridized carbons (Fsp3) is 0.790. The largest absolute Gasteiger partial charge is 0.462 e. The maximum Gasteiger partial charge on any atom is 0.306 e. The van der Waals surface area contributed by atoms with Crippen molar-refractivity contribution in [1.82, 2.24) is 0 Å². The van der Waals surface area contributed by atoms with Crippen LogP contribution >= 0.6 is 0 Å². The molecule has 1 unspecified atom stereocenters. The molecule has 0 aromatic heterocycles. The molecule has 0 rings (SSSR count). The minimum Gasteiger partial charge on any atom is -0.462 e. The van der Waals surface area contributed by atoms with Gasteiger partial charge in [-0.2, -0.15) is 0 Å². The van der Waals surface area contributed by atoms with Crippen molar-refractivity contribution in [1.29, 1.82) is 0 Å². The van der Waals surface area contributed by atoms with Gasteiger partial charge in [0, 0.05) is 19.3 Å². The quantitative estimate of drug-likeness (QED) is 0.0262. The first-order valence-electron chi connectivity index (χ1n) is 29.4. The van der Waals surface area contributed by atoms with Crippen LogP contribution in [0.25, 0.3) is 0 Å². The lowest BCUT2D eigenvalue weighted by molar-refractivity contribution is -0.167. The van der Waals surface area contributed by atoms with E-state index >= 15 is 0 Å². The van der Waals surface area contributed by atoms with Crippen LogP contribution in [0.15, 0.2) is 60.8 Å². The van der Waals surface area contributed by atoms with Gasteiger partial charge in [-0.1, -0.05) is 300 Å². The highest BCUT2D eigenvalue weighted by Gasteiger charge is 2.19. The Bertz CT molecular complexity index is 1230. The van der Waals surface area contributed by atoms with E-state index in [4.69, 9.17) is 14.2 Å². The Labute approximate surface area is 421 Å². The normalized spacial score (nSPS) is 12.5. The van der Waals surface area contributed by atoms with Gasteiger partial charge in [-0.3, -0.25) is 14.4 Å². The van der Waals surface area contributed by atoms with Gasteiger partial charge < -0.3 is 14.2 Å². The van der Waals surface area contributed by atoms with E-state index in [0.29, 0.717) is 19.3 Å². The number of hydrogen-bond acceptors (Lipinski definition) is 6. The van der Waals surface area contributed by atoms with E-state index in [0.717, 1.165) is 83.5 Å². The highest BCUT2D eigenvalue weighted by Crippen LogP contribution is 2.17. The molecule has 6 heteroatoms. The number of esters is 3. The minimum absolute atomic E-state index is 0.0785. The van der Waals surface area contributed by atoms with Crippen LogP contribution in [0.2, 0.25) is 0 Å². The summed E-state index contributed by atoms with van der Waals surface area (Å²) in [7, 11) is 0. The number of allylic oxidation sites excluding steroid dienone is 10. The fourth-order valence-corrected chi connectivity index (χ4v) is 8.47. The van der Waals surface area contributed by atoms with Crippen molar-refractivity contribution in [3.05, 3.63) is 60.8 Å².